The highest BCUT2D eigenvalue weighted by atomic mass is 16.5. The number of rotatable bonds is 11. The number of ether oxygens (including phenoxy) is 2. The van der Waals surface area contributed by atoms with E-state index in [1.807, 2.05) is 54.6 Å². The molecule has 0 bridgehead atoms. The molecule has 1 aliphatic rings. The largest absolute Gasteiger partial charge is 0.497 e. The third-order valence-electron chi connectivity index (χ3n) is 5.85. The molecule has 2 N–H and O–H groups in total. The number of nitrogens with one attached hydrogen (secondary N) is 2. The van der Waals surface area contributed by atoms with Crippen molar-refractivity contribution in [3.63, 3.8) is 0 Å². The van der Waals surface area contributed by atoms with Gasteiger partial charge in [0.25, 0.3) is 11.8 Å². The Bertz CT molecular complexity index is 1120. The molecule has 3 aromatic rings. The van der Waals surface area contributed by atoms with Crippen LogP contribution in [0.25, 0.3) is 0 Å². The van der Waals surface area contributed by atoms with Gasteiger partial charge in [0, 0.05) is 6.42 Å². The van der Waals surface area contributed by atoms with Crippen LogP contribution in [0.4, 0.5) is 0 Å². The maximum Gasteiger partial charge on any atom is 0.329 e. The Hall–Kier alpha value is -4.07. The number of benzene rings is 2. The van der Waals surface area contributed by atoms with Gasteiger partial charge in [-0.3, -0.25) is 9.59 Å². The highest BCUT2D eigenvalue weighted by molar-refractivity contribution is 5.94. The van der Waals surface area contributed by atoms with Crippen LogP contribution in [0.15, 0.2) is 77.4 Å². The van der Waals surface area contributed by atoms with Gasteiger partial charge in [-0.25, -0.2) is 4.79 Å². The summed E-state index contributed by atoms with van der Waals surface area (Å²) in [4.78, 5) is 38.0. The molecule has 1 heterocycles. The molecular weight excluding hydrogens is 448 g/mol. The normalized spacial score (nSPS) is 14.4. The van der Waals surface area contributed by atoms with Gasteiger partial charge in [-0.1, -0.05) is 42.5 Å². The standard InChI is InChI=1S/C27H28N2O6/c1-33-21-13-11-20(12-14-21)25(19-9-10-19)29-24(30)17-35-27(32)22(16-18-6-3-2-4-7-18)28-26(31)23-8-5-15-34-23/h2-8,11-15,19,22,25H,9-10,16-17H2,1H3,(H,28,31)(H,29,30)/t22-,25?/m0/s1. The number of carbonyl (C=O) groups excluding carboxylic acids is 3. The van der Waals surface area contributed by atoms with E-state index in [9.17, 15) is 14.4 Å². The van der Waals surface area contributed by atoms with Gasteiger partial charge in [0.05, 0.1) is 19.4 Å². The first-order chi connectivity index (χ1) is 17.0. The van der Waals surface area contributed by atoms with Crippen molar-refractivity contribution in [2.75, 3.05) is 13.7 Å². The molecule has 0 saturated heterocycles. The minimum atomic E-state index is -0.983. The molecule has 2 aromatic carbocycles. The molecule has 2 atom stereocenters. The zero-order chi connectivity index (χ0) is 24.6. The Labute approximate surface area is 203 Å². The third kappa shape index (κ3) is 6.72. The summed E-state index contributed by atoms with van der Waals surface area (Å²) >= 11 is 0. The number of methoxy groups -OCH3 is 1. The van der Waals surface area contributed by atoms with Gasteiger partial charge in [-0.15, -0.1) is 0 Å². The van der Waals surface area contributed by atoms with Crippen molar-refractivity contribution in [1.29, 1.82) is 0 Å². The van der Waals surface area contributed by atoms with Crippen molar-refractivity contribution in [1.82, 2.24) is 10.6 Å². The minimum Gasteiger partial charge on any atom is -0.497 e. The SMILES string of the molecule is COc1ccc(C(NC(=O)COC(=O)[C@H](Cc2ccccc2)NC(=O)c2ccco2)C2CC2)cc1. The van der Waals surface area contributed by atoms with Crippen LogP contribution in [0.5, 0.6) is 5.75 Å². The molecule has 1 saturated carbocycles. The summed E-state index contributed by atoms with van der Waals surface area (Å²) in [5.74, 6) is -0.463. The van der Waals surface area contributed by atoms with Gasteiger partial charge >= 0.3 is 5.97 Å². The van der Waals surface area contributed by atoms with Crippen LogP contribution in [0.3, 0.4) is 0 Å². The third-order valence-corrected chi connectivity index (χ3v) is 5.85. The fourth-order valence-electron chi connectivity index (χ4n) is 3.85. The van der Waals surface area contributed by atoms with E-state index in [4.69, 9.17) is 13.9 Å². The van der Waals surface area contributed by atoms with Crippen molar-refractivity contribution in [3.8, 4) is 5.75 Å². The number of amides is 2. The molecule has 1 aliphatic carbocycles. The van der Waals surface area contributed by atoms with E-state index >= 15 is 0 Å². The van der Waals surface area contributed by atoms with Crippen molar-refractivity contribution < 1.29 is 28.3 Å². The fraction of sp³-hybridized carbons (Fsp3) is 0.296. The summed E-state index contributed by atoms with van der Waals surface area (Å²) in [6.07, 6.45) is 3.64. The van der Waals surface area contributed by atoms with E-state index in [1.165, 1.54) is 12.3 Å². The van der Waals surface area contributed by atoms with Crippen LogP contribution in [0.2, 0.25) is 0 Å². The molecule has 0 radical (unpaired) electrons. The van der Waals surface area contributed by atoms with Gasteiger partial charge < -0.3 is 24.5 Å². The lowest BCUT2D eigenvalue weighted by Gasteiger charge is -2.20. The predicted molar refractivity (Wildman–Crippen MR) is 128 cm³/mol. The monoisotopic (exact) mass is 476 g/mol. The molecule has 0 aliphatic heterocycles. The number of carbonyl (C=O) groups is 3. The van der Waals surface area contributed by atoms with Crippen molar-refractivity contribution in [3.05, 3.63) is 89.9 Å². The molecule has 2 amide bonds. The van der Waals surface area contributed by atoms with Gasteiger partial charge in [0.1, 0.15) is 11.8 Å². The summed E-state index contributed by atoms with van der Waals surface area (Å²) in [6, 6.07) is 18.8. The minimum absolute atomic E-state index is 0.0837. The van der Waals surface area contributed by atoms with Crippen LogP contribution in [0, 0.1) is 5.92 Å². The Morgan fingerprint density at radius 2 is 1.71 bits per heavy atom. The molecule has 1 fully saturated rings. The molecule has 1 unspecified atom stereocenters. The Morgan fingerprint density at radius 1 is 0.971 bits per heavy atom. The molecule has 4 rings (SSSR count). The Balaban J connectivity index is 1.37. The van der Waals surface area contributed by atoms with Crippen LogP contribution in [-0.4, -0.2) is 37.5 Å². The molecule has 1 aromatic heterocycles. The number of esters is 1. The van der Waals surface area contributed by atoms with Crippen molar-refractivity contribution in [2.45, 2.75) is 31.3 Å². The van der Waals surface area contributed by atoms with Crippen molar-refractivity contribution >= 4 is 17.8 Å². The maximum atomic E-state index is 12.9. The van der Waals surface area contributed by atoms with Gasteiger partial charge in [-0.05, 0) is 54.2 Å². The summed E-state index contributed by atoms with van der Waals surface area (Å²) in [5, 5.41) is 5.63. The summed E-state index contributed by atoms with van der Waals surface area (Å²) < 4.78 is 15.6. The van der Waals surface area contributed by atoms with E-state index in [-0.39, 0.29) is 18.2 Å². The summed E-state index contributed by atoms with van der Waals surface area (Å²) in [6.45, 7) is -0.444. The highest BCUT2D eigenvalue weighted by Gasteiger charge is 2.34. The lowest BCUT2D eigenvalue weighted by Crippen LogP contribution is -2.44. The average Bonchev–Trinajstić information content (AvgIpc) is 3.58. The second-order valence-corrected chi connectivity index (χ2v) is 8.46. The van der Waals surface area contributed by atoms with Crippen molar-refractivity contribution in [2.24, 2.45) is 5.92 Å². The predicted octanol–water partition coefficient (Wildman–Crippen LogP) is 3.44. The smallest absolute Gasteiger partial charge is 0.329 e. The molecule has 35 heavy (non-hydrogen) atoms. The first-order valence-electron chi connectivity index (χ1n) is 11.5. The van der Waals surface area contributed by atoms with E-state index in [2.05, 4.69) is 10.6 Å². The first-order valence-corrected chi connectivity index (χ1v) is 11.5. The number of hydrogen-bond donors (Lipinski definition) is 2. The summed E-state index contributed by atoms with van der Waals surface area (Å²) in [7, 11) is 1.60. The lowest BCUT2D eigenvalue weighted by atomic mass is 10.0. The molecule has 8 nitrogen and oxygen atoms in total. The van der Waals surface area contributed by atoms with E-state index in [0.717, 1.165) is 29.7 Å². The van der Waals surface area contributed by atoms with E-state index in [1.54, 1.807) is 13.2 Å². The Kier molecular flexibility index (Phi) is 7.82. The maximum absolute atomic E-state index is 12.9. The molecular formula is C27H28N2O6. The topological polar surface area (TPSA) is 107 Å². The zero-order valence-corrected chi connectivity index (χ0v) is 19.4. The molecule has 182 valence electrons. The fourth-order valence-corrected chi connectivity index (χ4v) is 3.85. The van der Waals surface area contributed by atoms with Gasteiger partial charge in [-0.2, -0.15) is 0 Å². The van der Waals surface area contributed by atoms with Gasteiger partial charge in [0.15, 0.2) is 12.4 Å². The molecule has 0 spiro atoms. The number of hydrogen-bond acceptors (Lipinski definition) is 6. The summed E-state index contributed by atoms with van der Waals surface area (Å²) in [5.41, 5.74) is 1.81. The van der Waals surface area contributed by atoms with Crippen LogP contribution in [-0.2, 0) is 20.7 Å². The van der Waals surface area contributed by atoms with Gasteiger partial charge in [0.2, 0.25) is 0 Å². The average molecular weight is 477 g/mol. The molecule has 8 heteroatoms. The quantitative estimate of drug-likeness (QED) is 0.411. The van der Waals surface area contributed by atoms with E-state index in [0.29, 0.717) is 5.92 Å². The van der Waals surface area contributed by atoms with Crippen LogP contribution < -0.4 is 15.4 Å². The second kappa shape index (κ2) is 11.4. The first kappa shape index (κ1) is 24.1. The second-order valence-electron chi connectivity index (χ2n) is 8.46. The van der Waals surface area contributed by atoms with Crippen LogP contribution >= 0.6 is 0 Å². The lowest BCUT2D eigenvalue weighted by molar-refractivity contribution is -0.150. The highest BCUT2D eigenvalue weighted by Crippen LogP contribution is 2.41. The zero-order valence-electron chi connectivity index (χ0n) is 19.4. The number of furan rings is 1. The Morgan fingerprint density at radius 3 is 2.34 bits per heavy atom. The van der Waals surface area contributed by atoms with Crippen LogP contribution in [0.1, 0.15) is 40.6 Å². The van der Waals surface area contributed by atoms with E-state index < -0.39 is 30.4 Å².